The predicted octanol–water partition coefficient (Wildman–Crippen LogP) is 3.48. The van der Waals surface area contributed by atoms with Gasteiger partial charge in [0, 0.05) is 19.1 Å². The van der Waals surface area contributed by atoms with E-state index in [-0.39, 0.29) is 28.6 Å². The van der Waals surface area contributed by atoms with Crippen LogP contribution in [0.2, 0.25) is 0 Å². The number of carbonyl (C=O) groups is 2. The Morgan fingerprint density at radius 1 is 0.700 bits per heavy atom. The SMILES string of the molecule is COc1cc(OC(C)=O)cc(OC(=O)c2cc(OC)c(OC)c(OC)c2I)c1OC. The second-order valence-corrected chi connectivity index (χ2v) is 6.73. The van der Waals surface area contributed by atoms with E-state index in [4.69, 9.17) is 33.2 Å². The molecule has 0 aliphatic carbocycles. The Labute approximate surface area is 187 Å². The van der Waals surface area contributed by atoms with Gasteiger partial charge < -0.3 is 33.2 Å². The third kappa shape index (κ3) is 4.81. The number of hydrogen-bond acceptors (Lipinski definition) is 9. The first kappa shape index (κ1) is 23.4. The van der Waals surface area contributed by atoms with Gasteiger partial charge in [0.1, 0.15) is 5.75 Å². The van der Waals surface area contributed by atoms with Crippen LogP contribution in [-0.4, -0.2) is 47.5 Å². The van der Waals surface area contributed by atoms with Gasteiger partial charge in [-0.3, -0.25) is 4.79 Å². The number of hydrogen-bond donors (Lipinski definition) is 0. The molecule has 0 saturated heterocycles. The molecule has 0 N–H and O–H groups in total. The molecule has 0 unspecified atom stereocenters. The van der Waals surface area contributed by atoms with Crippen molar-refractivity contribution < 1.29 is 42.7 Å². The standard InChI is InChI=1S/C20H21IO9/c1-10(22)29-11-7-13(24-2)17(26-4)15(8-11)30-20(23)12-9-14(25-3)18(27-5)19(28-6)16(12)21/h7-9H,1-6H3. The first-order chi connectivity index (χ1) is 14.3. The lowest BCUT2D eigenvalue weighted by Crippen LogP contribution is -2.13. The largest absolute Gasteiger partial charge is 0.493 e. The zero-order valence-corrected chi connectivity index (χ0v) is 19.4. The van der Waals surface area contributed by atoms with Crippen LogP contribution >= 0.6 is 22.6 Å². The molecule has 0 aliphatic rings. The van der Waals surface area contributed by atoms with Crippen LogP contribution in [0.3, 0.4) is 0 Å². The van der Waals surface area contributed by atoms with E-state index >= 15 is 0 Å². The Morgan fingerprint density at radius 2 is 1.23 bits per heavy atom. The molecule has 0 heterocycles. The van der Waals surface area contributed by atoms with Gasteiger partial charge in [-0.05, 0) is 28.7 Å². The van der Waals surface area contributed by atoms with Gasteiger partial charge in [-0.15, -0.1) is 0 Å². The number of methoxy groups -OCH3 is 5. The number of benzene rings is 2. The van der Waals surface area contributed by atoms with Crippen molar-refractivity contribution in [3.8, 4) is 40.2 Å². The molecule has 0 fully saturated rings. The van der Waals surface area contributed by atoms with Crippen molar-refractivity contribution >= 4 is 34.5 Å². The fourth-order valence-electron chi connectivity index (χ4n) is 2.63. The van der Waals surface area contributed by atoms with E-state index in [1.807, 2.05) is 22.6 Å². The normalized spacial score (nSPS) is 10.1. The lowest BCUT2D eigenvalue weighted by molar-refractivity contribution is -0.131. The summed E-state index contributed by atoms with van der Waals surface area (Å²) in [6.45, 7) is 1.25. The molecule has 10 heteroatoms. The third-order valence-electron chi connectivity index (χ3n) is 3.87. The van der Waals surface area contributed by atoms with Crippen LogP contribution in [0.25, 0.3) is 0 Å². The quantitative estimate of drug-likeness (QED) is 0.288. The van der Waals surface area contributed by atoms with Crippen molar-refractivity contribution in [2.75, 3.05) is 35.5 Å². The van der Waals surface area contributed by atoms with Crippen molar-refractivity contribution in [3.63, 3.8) is 0 Å². The molecule has 0 spiro atoms. The molecule has 0 aromatic heterocycles. The second kappa shape index (κ2) is 10.2. The highest BCUT2D eigenvalue weighted by molar-refractivity contribution is 14.1. The molecule has 2 aromatic rings. The zero-order valence-electron chi connectivity index (χ0n) is 17.3. The van der Waals surface area contributed by atoms with Crippen LogP contribution < -0.4 is 33.2 Å². The molecular weight excluding hydrogens is 511 g/mol. The van der Waals surface area contributed by atoms with E-state index in [0.717, 1.165) is 0 Å². The smallest absolute Gasteiger partial charge is 0.345 e. The van der Waals surface area contributed by atoms with Gasteiger partial charge >= 0.3 is 11.9 Å². The summed E-state index contributed by atoms with van der Waals surface area (Å²) in [5.74, 6) is 0.199. The van der Waals surface area contributed by atoms with E-state index in [2.05, 4.69) is 0 Å². The molecule has 162 valence electrons. The maximum atomic E-state index is 13.0. The number of esters is 2. The molecule has 0 bridgehead atoms. The van der Waals surface area contributed by atoms with Crippen LogP contribution in [0, 0.1) is 3.57 Å². The zero-order chi connectivity index (χ0) is 22.4. The summed E-state index contributed by atoms with van der Waals surface area (Å²) < 4.78 is 37.6. The summed E-state index contributed by atoms with van der Waals surface area (Å²) in [7, 11) is 7.15. The minimum atomic E-state index is -0.723. The van der Waals surface area contributed by atoms with Crippen molar-refractivity contribution in [1.82, 2.24) is 0 Å². The number of rotatable bonds is 8. The van der Waals surface area contributed by atoms with Crippen LogP contribution in [-0.2, 0) is 4.79 Å². The summed E-state index contributed by atoms with van der Waals surface area (Å²) in [6.07, 6.45) is 0. The Hall–Kier alpha value is -2.89. The van der Waals surface area contributed by atoms with Gasteiger partial charge in [0.2, 0.25) is 11.5 Å². The molecular formula is C20H21IO9. The Balaban J connectivity index is 2.55. The average Bonchev–Trinajstić information content (AvgIpc) is 2.72. The van der Waals surface area contributed by atoms with Gasteiger partial charge in [-0.2, -0.15) is 0 Å². The van der Waals surface area contributed by atoms with Gasteiger partial charge in [-0.25, -0.2) is 4.79 Å². The summed E-state index contributed by atoms with van der Waals surface area (Å²) >= 11 is 1.95. The van der Waals surface area contributed by atoms with Crippen molar-refractivity contribution in [1.29, 1.82) is 0 Å². The van der Waals surface area contributed by atoms with E-state index in [1.165, 1.54) is 60.7 Å². The van der Waals surface area contributed by atoms with Crippen LogP contribution in [0.4, 0.5) is 0 Å². The van der Waals surface area contributed by atoms with E-state index < -0.39 is 11.9 Å². The molecule has 2 rings (SSSR count). The minimum absolute atomic E-state index is 0.00246. The molecule has 0 aliphatic heterocycles. The molecule has 0 radical (unpaired) electrons. The van der Waals surface area contributed by atoms with E-state index in [1.54, 1.807) is 0 Å². The van der Waals surface area contributed by atoms with E-state index in [9.17, 15) is 9.59 Å². The first-order valence-electron chi connectivity index (χ1n) is 8.46. The summed E-state index contributed by atoms with van der Waals surface area (Å²) in [6, 6.07) is 4.28. The highest BCUT2D eigenvalue weighted by Crippen LogP contribution is 2.44. The van der Waals surface area contributed by atoms with Crippen LogP contribution in [0.1, 0.15) is 17.3 Å². The fraction of sp³-hybridized carbons (Fsp3) is 0.300. The monoisotopic (exact) mass is 532 g/mol. The molecule has 2 aromatic carbocycles. The molecule has 0 saturated carbocycles. The highest BCUT2D eigenvalue weighted by Gasteiger charge is 2.26. The fourth-order valence-corrected chi connectivity index (χ4v) is 3.47. The number of carbonyl (C=O) groups excluding carboxylic acids is 2. The summed E-state index contributed by atoms with van der Waals surface area (Å²) in [4.78, 5) is 24.3. The lowest BCUT2D eigenvalue weighted by Gasteiger charge is -2.17. The third-order valence-corrected chi connectivity index (χ3v) is 4.94. The van der Waals surface area contributed by atoms with Gasteiger partial charge in [0.15, 0.2) is 23.0 Å². The second-order valence-electron chi connectivity index (χ2n) is 5.65. The average molecular weight is 532 g/mol. The predicted molar refractivity (Wildman–Crippen MR) is 115 cm³/mol. The number of halogens is 1. The van der Waals surface area contributed by atoms with Crippen molar-refractivity contribution in [2.24, 2.45) is 0 Å². The Morgan fingerprint density at radius 3 is 1.73 bits per heavy atom. The minimum Gasteiger partial charge on any atom is -0.493 e. The van der Waals surface area contributed by atoms with Gasteiger partial charge in [0.05, 0.1) is 44.7 Å². The summed E-state index contributed by atoms with van der Waals surface area (Å²) in [5.41, 5.74) is 0.170. The van der Waals surface area contributed by atoms with Crippen LogP contribution in [0.5, 0.6) is 40.2 Å². The molecule has 9 nitrogen and oxygen atoms in total. The summed E-state index contributed by atoms with van der Waals surface area (Å²) in [5, 5.41) is 0. The highest BCUT2D eigenvalue weighted by atomic mass is 127. The maximum absolute atomic E-state index is 13.0. The van der Waals surface area contributed by atoms with Crippen molar-refractivity contribution in [3.05, 3.63) is 27.3 Å². The van der Waals surface area contributed by atoms with Gasteiger partial charge in [0.25, 0.3) is 0 Å². The lowest BCUT2D eigenvalue weighted by atomic mass is 10.1. The number of ether oxygens (including phenoxy) is 7. The maximum Gasteiger partial charge on any atom is 0.345 e. The first-order valence-corrected chi connectivity index (χ1v) is 9.54. The Kier molecular flexibility index (Phi) is 7.98. The topological polar surface area (TPSA) is 98.8 Å². The van der Waals surface area contributed by atoms with Gasteiger partial charge in [-0.1, -0.05) is 0 Å². The molecule has 30 heavy (non-hydrogen) atoms. The Bertz CT molecular complexity index is 956. The molecule has 0 atom stereocenters. The van der Waals surface area contributed by atoms with Crippen LogP contribution in [0.15, 0.2) is 18.2 Å². The van der Waals surface area contributed by atoms with Crippen molar-refractivity contribution in [2.45, 2.75) is 6.92 Å². The van der Waals surface area contributed by atoms with E-state index in [0.29, 0.717) is 20.8 Å². The molecule has 0 amide bonds.